The fourth-order valence-corrected chi connectivity index (χ4v) is 2.52. The molecule has 2 amide bonds. The number of nitrogens with one attached hydrogen (secondary N) is 2. The molecule has 0 atom stereocenters. The fraction of sp³-hybridized carbons (Fsp3) is 0.278. The average Bonchev–Trinajstić information content (AvgIpc) is 2.62. The fourth-order valence-electron chi connectivity index (χ4n) is 2.52. The highest BCUT2D eigenvalue weighted by atomic mass is 19.1. The van der Waals surface area contributed by atoms with Gasteiger partial charge < -0.3 is 15.5 Å². The first-order valence-electron chi connectivity index (χ1n) is 7.82. The van der Waals surface area contributed by atoms with E-state index in [0.717, 1.165) is 16.7 Å². The van der Waals surface area contributed by atoms with Crippen molar-refractivity contribution in [3.8, 4) is 11.1 Å². The third-order valence-electron chi connectivity index (χ3n) is 3.93. The molecule has 2 rings (SSSR count). The van der Waals surface area contributed by atoms with Crippen LogP contribution in [-0.2, 0) is 4.79 Å². The van der Waals surface area contributed by atoms with E-state index >= 15 is 0 Å². The van der Waals surface area contributed by atoms with Gasteiger partial charge in [-0.05, 0) is 36.2 Å². The molecular weight excluding hydrogens is 323 g/mol. The highest BCUT2D eigenvalue weighted by molar-refractivity contribution is 5.95. The minimum atomic E-state index is -0.521. The van der Waals surface area contributed by atoms with Gasteiger partial charge >= 0.3 is 0 Å². The lowest BCUT2D eigenvalue weighted by Gasteiger charge is -2.21. The number of benzene rings is 1. The number of halogens is 1. The van der Waals surface area contributed by atoms with Crippen molar-refractivity contribution < 1.29 is 14.0 Å². The molecule has 1 aromatic heterocycles. The number of rotatable bonds is 7. The van der Waals surface area contributed by atoms with Gasteiger partial charge in [-0.3, -0.25) is 9.59 Å². The molecule has 132 valence electrons. The summed E-state index contributed by atoms with van der Waals surface area (Å²) in [4.78, 5) is 28.6. The zero-order valence-electron chi connectivity index (χ0n) is 14.5. The van der Waals surface area contributed by atoms with Gasteiger partial charge in [-0.2, -0.15) is 0 Å². The molecule has 0 saturated carbocycles. The number of alkyl halides is 1. The summed E-state index contributed by atoms with van der Waals surface area (Å²) in [6.45, 7) is 1.59. The Morgan fingerprint density at radius 3 is 2.76 bits per heavy atom. The highest BCUT2D eigenvalue weighted by Crippen LogP contribution is 2.31. The lowest BCUT2D eigenvalue weighted by atomic mass is 9.98. The summed E-state index contributed by atoms with van der Waals surface area (Å²) in [5.74, 6) is 0.179. The van der Waals surface area contributed by atoms with Gasteiger partial charge in [0, 0.05) is 38.0 Å². The van der Waals surface area contributed by atoms with Crippen LogP contribution in [-0.4, -0.2) is 44.6 Å². The van der Waals surface area contributed by atoms with Gasteiger partial charge in [0.1, 0.15) is 6.67 Å². The molecular formula is C18H21FN4O2. The SMILES string of the molecule is CNC(=O)c1ccc(C)c(-c2cnc(NC=O)c(N(C)CCF)c2)c1. The standard InChI is InChI=1S/C18H21FN4O2/c1-12-4-5-13(18(25)20-2)8-15(12)14-9-16(23(3)7-6-19)17(21-10-14)22-11-24/h4-5,8-11H,6-7H2,1-3H3,(H,20,25)(H,21,22,24). The van der Waals surface area contributed by atoms with Crippen molar-refractivity contribution in [3.63, 3.8) is 0 Å². The van der Waals surface area contributed by atoms with E-state index < -0.39 is 6.67 Å². The minimum Gasteiger partial charge on any atom is -0.369 e. The quantitative estimate of drug-likeness (QED) is 0.757. The highest BCUT2D eigenvalue weighted by Gasteiger charge is 2.14. The summed E-state index contributed by atoms with van der Waals surface area (Å²) in [6, 6.07) is 7.23. The van der Waals surface area contributed by atoms with Crippen LogP contribution >= 0.6 is 0 Å². The number of carbonyl (C=O) groups is 2. The Kier molecular flexibility index (Phi) is 6.05. The maximum Gasteiger partial charge on any atom is 0.251 e. The number of anilines is 2. The zero-order valence-corrected chi connectivity index (χ0v) is 14.5. The van der Waals surface area contributed by atoms with E-state index in [2.05, 4.69) is 15.6 Å². The molecule has 0 bridgehead atoms. The summed E-state index contributed by atoms with van der Waals surface area (Å²) in [6.07, 6.45) is 2.15. The van der Waals surface area contributed by atoms with Crippen molar-refractivity contribution in [1.29, 1.82) is 0 Å². The van der Waals surface area contributed by atoms with E-state index in [-0.39, 0.29) is 12.5 Å². The Morgan fingerprint density at radius 2 is 2.12 bits per heavy atom. The summed E-state index contributed by atoms with van der Waals surface area (Å²) in [7, 11) is 3.30. The first-order chi connectivity index (χ1) is 12.0. The van der Waals surface area contributed by atoms with Crippen LogP contribution in [0.4, 0.5) is 15.9 Å². The van der Waals surface area contributed by atoms with Crippen molar-refractivity contribution in [1.82, 2.24) is 10.3 Å². The molecule has 0 fully saturated rings. The molecule has 2 N–H and O–H groups in total. The average molecular weight is 344 g/mol. The number of carbonyl (C=O) groups excluding carboxylic acids is 2. The molecule has 0 spiro atoms. The monoisotopic (exact) mass is 344 g/mol. The van der Waals surface area contributed by atoms with Crippen LogP contribution in [0.2, 0.25) is 0 Å². The third-order valence-corrected chi connectivity index (χ3v) is 3.93. The summed E-state index contributed by atoms with van der Waals surface area (Å²) in [5.41, 5.74) is 3.75. The first kappa shape index (κ1) is 18.4. The predicted molar refractivity (Wildman–Crippen MR) is 96.7 cm³/mol. The van der Waals surface area contributed by atoms with Gasteiger partial charge in [-0.15, -0.1) is 0 Å². The molecule has 0 aliphatic heterocycles. The van der Waals surface area contributed by atoms with Gasteiger partial charge in [-0.25, -0.2) is 9.37 Å². The number of aromatic nitrogens is 1. The maximum atomic E-state index is 12.7. The third kappa shape index (κ3) is 4.12. The lowest BCUT2D eigenvalue weighted by molar-refractivity contribution is -0.105. The first-order valence-corrected chi connectivity index (χ1v) is 7.82. The Bertz CT molecular complexity index is 780. The second kappa shape index (κ2) is 8.23. The molecule has 0 saturated heterocycles. The summed E-state index contributed by atoms with van der Waals surface area (Å²) < 4.78 is 12.7. The number of pyridine rings is 1. The van der Waals surface area contributed by atoms with E-state index in [0.29, 0.717) is 23.5 Å². The smallest absolute Gasteiger partial charge is 0.251 e. The van der Waals surface area contributed by atoms with Crippen molar-refractivity contribution >= 4 is 23.8 Å². The predicted octanol–water partition coefficient (Wildman–Crippen LogP) is 2.39. The van der Waals surface area contributed by atoms with Crippen LogP contribution in [0.15, 0.2) is 30.5 Å². The van der Waals surface area contributed by atoms with E-state index in [9.17, 15) is 14.0 Å². The summed E-state index contributed by atoms with van der Waals surface area (Å²) >= 11 is 0. The minimum absolute atomic E-state index is 0.177. The zero-order chi connectivity index (χ0) is 18.4. The van der Waals surface area contributed by atoms with Crippen molar-refractivity contribution in [3.05, 3.63) is 41.6 Å². The number of aryl methyl sites for hydroxylation is 1. The second-order valence-electron chi connectivity index (χ2n) is 5.57. The van der Waals surface area contributed by atoms with Gasteiger partial charge in [0.2, 0.25) is 6.41 Å². The topological polar surface area (TPSA) is 74.3 Å². The maximum absolute atomic E-state index is 12.7. The lowest BCUT2D eigenvalue weighted by Crippen LogP contribution is -2.21. The molecule has 0 aliphatic carbocycles. The van der Waals surface area contributed by atoms with Crippen molar-refractivity contribution in [2.75, 3.05) is 37.5 Å². The Balaban J connectivity index is 2.54. The molecule has 25 heavy (non-hydrogen) atoms. The second-order valence-corrected chi connectivity index (χ2v) is 5.57. The van der Waals surface area contributed by atoms with Gasteiger partial charge in [-0.1, -0.05) is 6.07 Å². The van der Waals surface area contributed by atoms with Crippen molar-refractivity contribution in [2.45, 2.75) is 6.92 Å². The molecule has 2 aromatic rings. The van der Waals surface area contributed by atoms with Crippen LogP contribution in [0, 0.1) is 6.92 Å². The van der Waals surface area contributed by atoms with Gasteiger partial charge in [0.05, 0.1) is 5.69 Å². The molecule has 0 radical (unpaired) electrons. The molecule has 1 heterocycles. The molecule has 0 unspecified atom stereocenters. The van der Waals surface area contributed by atoms with E-state index in [1.807, 2.05) is 19.1 Å². The molecule has 6 nitrogen and oxygen atoms in total. The molecule has 7 heteroatoms. The van der Waals surface area contributed by atoms with Gasteiger partial charge in [0.25, 0.3) is 5.91 Å². The Hall–Kier alpha value is -2.96. The van der Waals surface area contributed by atoms with Crippen LogP contribution in [0.3, 0.4) is 0 Å². The van der Waals surface area contributed by atoms with E-state index in [1.54, 1.807) is 37.3 Å². The number of hydrogen-bond donors (Lipinski definition) is 2. The number of hydrogen-bond acceptors (Lipinski definition) is 4. The molecule has 0 aliphatic rings. The number of amides is 2. The van der Waals surface area contributed by atoms with Crippen LogP contribution in [0.1, 0.15) is 15.9 Å². The van der Waals surface area contributed by atoms with Crippen LogP contribution < -0.4 is 15.5 Å². The Labute approximate surface area is 146 Å². The summed E-state index contributed by atoms with van der Waals surface area (Å²) in [5, 5.41) is 5.13. The normalized spacial score (nSPS) is 10.2. The van der Waals surface area contributed by atoms with E-state index in [1.165, 1.54) is 0 Å². The largest absolute Gasteiger partial charge is 0.369 e. The molecule has 1 aromatic carbocycles. The van der Waals surface area contributed by atoms with Crippen molar-refractivity contribution in [2.24, 2.45) is 0 Å². The van der Waals surface area contributed by atoms with Crippen LogP contribution in [0.5, 0.6) is 0 Å². The van der Waals surface area contributed by atoms with E-state index in [4.69, 9.17) is 0 Å². The number of nitrogens with zero attached hydrogens (tertiary/aromatic N) is 2. The van der Waals surface area contributed by atoms with Gasteiger partial charge in [0.15, 0.2) is 5.82 Å². The van der Waals surface area contributed by atoms with Crippen LogP contribution in [0.25, 0.3) is 11.1 Å². The Morgan fingerprint density at radius 1 is 1.36 bits per heavy atom.